The second kappa shape index (κ2) is 5.99. The molecule has 0 radical (unpaired) electrons. The molecule has 1 aliphatic heterocycles. The van der Waals surface area contributed by atoms with E-state index in [1.807, 2.05) is 6.92 Å². The summed E-state index contributed by atoms with van der Waals surface area (Å²) in [4.78, 5) is 25.8. The van der Waals surface area contributed by atoms with E-state index < -0.39 is 5.92 Å². The Balaban J connectivity index is 2.58. The van der Waals surface area contributed by atoms with E-state index in [0.29, 0.717) is 6.42 Å². The standard InChI is InChI=1S/C12H21NO3/c1-4-10(12(15)16-3)11(14)9-5-7-13(2)8-6-9/h9-10H,4-8H2,1-3H3. The van der Waals surface area contributed by atoms with Gasteiger partial charge in [-0.15, -0.1) is 0 Å². The molecule has 0 N–H and O–H groups in total. The van der Waals surface area contributed by atoms with Gasteiger partial charge >= 0.3 is 5.97 Å². The van der Waals surface area contributed by atoms with Crippen LogP contribution in [0.1, 0.15) is 26.2 Å². The number of piperidine rings is 1. The third kappa shape index (κ3) is 3.04. The van der Waals surface area contributed by atoms with E-state index >= 15 is 0 Å². The Morgan fingerprint density at radius 1 is 1.38 bits per heavy atom. The molecule has 1 rings (SSSR count). The van der Waals surface area contributed by atoms with Crippen molar-refractivity contribution in [1.29, 1.82) is 0 Å². The van der Waals surface area contributed by atoms with Gasteiger partial charge in [-0.3, -0.25) is 9.59 Å². The maximum atomic E-state index is 12.1. The number of esters is 1. The van der Waals surface area contributed by atoms with Crippen LogP contribution in [0.2, 0.25) is 0 Å². The molecule has 0 saturated carbocycles. The van der Waals surface area contributed by atoms with Gasteiger partial charge in [-0.25, -0.2) is 0 Å². The molecule has 0 aromatic carbocycles. The number of hydrogen-bond donors (Lipinski definition) is 0. The Hall–Kier alpha value is -0.900. The number of ketones is 1. The SMILES string of the molecule is CCC(C(=O)OC)C(=O)C1CCN(C)CC1. The smallest absolute Gasteiger partial charge is 0.316 e. The molecule has 0 aromatic rings. The van der Waals surface area contributed by atoms with Crippen LogP contribution in [0.4, 0.5) is 0 Å². The largest absolute Gasteiger partial charge is 0.468 e. The van der Waals surface area contributed by atoms with Crippen LogP contribution in [0, 0.1) is 11.8 Å². The molecular formula is C12H21NO3. The second-order valence-electron chi connectivity index (χ2n) is 4.46. The van der Waals surface area contributed by atoms with Gasteiger partial charge in [-0.05, 0) is 39.4 Å². The fraction of sp³-hybridized carbons (Fsp3) is 0.833. The molecule has 1 aliphatic rings. The van der Waals surface area contributed by atoms with Crippen molar-refractivity contribution in [2.45, 2.75) is 26.2 Å². The highest BCUT2D eigenvalue weighted by atomic mass is 16.5. The predicted octanol–water partition coefficient (Wildman–Crippen LogP) is 1.10. The summed E-state index contributed by atoms with van der Waals surface area (Å²) < 4.78 is 4.67. The third-order valence-electron chi connectivity index (χ3n) is 3.36. The number of likely N-dealkylation sites (tertiary alicyclic amines) is 1. The van der Waals surface area contributed by atoms with Crippen molar-refractivity contribution in [3.05, 3.63) is 0 Å². The zero-order valence-electron chi connectivity index (χ0n) is 10.4. The van der Waals surface area contributed by atoms with E-state index in [-0.39, 0.29) is 17.7 Å². The Labute approximate surface area is 96.9 Å². The molecular weight excluding hydrogens is 206 g/mol. The summed E-state index contributed by atoms with van der Waals surface area (Å²) in [6.07, 6.45) is 2.27. The Bertz CT molecular complexity index is 257. The Morgan fingerprint density at radius 2 is 1.94 bits per heavy atom. The van der Waals surface area contributed by atoms with Crippen LogP contribution >= 0.6 is 0 Å². The molecule has 1 atom stereocenters. The molecule has 1 fully saturated rings. The Morgan fingerprint density at radius 3 is 2.38 bits per heavy atom. The van der Waals surface area contributed by atoms with Gasteiger partial charge in [0.15, 0.2) is 0 Å². The van der Waals surface area contributed by atoms with Crippen molar-refractivity contribution in [3.63, 3.8) is 0 Å². The normalized spacial score (nSPS) is 20.4. The summed E-state index contributed by atoms with van der Waals surface area (Å²) in [5, 5.41) is 0. The number of rotatable bonds is 4. The zero-order valence-corrected chi connectivity index (χ0v) is 10.4. The van der Waals surface area contributed by atoms with Crippen LogP contribution in [-0.4, -0.2) is 43.9 Å². The summed E-state index contributed by atoms with van der Waals surface area (Å²) in [6.45, 7) is 3.73. The molecule has 0 aliphatic carbocycles. The molecule has 0 amide bonds. The highest BCUT2D eigenvalue weighted by Gasteiger charge is 2.33. The molecule has 92 valence electrons. The lowest BCUT2D eigenvalue weighted by Crippen LogP contribution is -2.38. The second-order valence-corrected chi connectivity index (χ2v) is 4.46. The van der Waals surface area contributed by atoms with E-state index in [1.54, 1.807) is 0 Å². The number of carbonyl (C=O) groups excluding carboxylic acids is 2. The number of Topliss-reactive ketones (excluding diaryl/α,β-unsaturated/α-hetero) is 1. The van der Waals surface area contributed by atoms with Gasteiger partial charge in [0, 0.05) is 5.92 Å². The van der Waals surface area contributed by atoms with Crippen molar-refractivity contribution >= 4 is 11.8 Å². The van der Waals surface area contributed by atoms with Crippen molar-refractivity contribution in [1.82, 2.24) is 4.90 Å². The quantitative estimate of drug-likeness (QED) is 0.533. The van der Waals surface area contributed by atoms with Crippen molar-refractivity contribution in [2.24, 2.45) is 11.8 Å². The molecule has 0 bridgehead atoms. The van der Waals surface area contributed by atoms with Gasteiger partial charge in [0.25, 0.3) is 0 Å². The predicted molar refractivity (Wildman–Crippen MR) is 61.0 cm³/mol. The zero-order chi connectivity index (χ0) is 12.1. The minimum absolute atomic E-state index is 0.0419. The summed E-state index contributed by atoms with van der Waals surface area (Å²) in [5.74, 6) is -0.826. The number of ether oxygens (including phenoxy) is 1. The van der Waals surface area contributed by atoms with Crippen molar-refractivity contribution in [3.8, 4) is 0 Å². The lowest BCUT2D eigenvalue weighted by atomic mass is 9.85. The fourth-order valence-electron chi connectivity index (χ4n) is 2.20. The molecule has 16 heavy (non-hydrogen) atoms. The minimum atomic E-state index is -0.557. The molecule has 0 aromatic heterocycles. The molecule has 1 saturated heterocycles. The maximum Gasteiger partial charge on any atom is 0.316 e. The fourth-order valence-corrected chi connectivity index (χ4v) is 2.20. The van der Waals surface area contributed by atoms with Gasteiger partial charge in [-0.1, -0.05) is 6.92 Å². The van der Waals surface area contributed by atoms with Gasteiger partial charge in [-0.2, -0.15) is 0 Å². The topological polar surface area (TPSA) is 46.6 Å². The summed E-state index contributed by atoms with van der Waals surface area (Å²) in [6, 6.07) is 0. The summed E-state index contributed by atoms with van der Waals surface area (Å²) >= 11 is 0. The summed E-state index contributed by atoms with van der Waals surface area (Å²) in [7, 11) is 3.39. The number of methoxy groups -OCH3 is 1. The molecule has 4 heteroatoms. The van der Waals surface area contributed by atoms with E-state index in [4.69, 9.17) is 0 Å². The minimum Gasteiger partial charge on any atom is -0.468 e. The Kier molecular flexibility index (Phi) is 4.93. The van der Waals surface area contributed by atoms with Crippen LogP contribution in [0.3, 0.4) is 0 Å². The van der Waals surface area contributed by atoms with Crippen LogP contribution in [-0.2, 0) is 14.3 Å². The third-order valence-corrected chi connectivity index (χ3v) is 3.36. The van der Waals surface area contributed by atoms with Crippen LogP contribution in [0.5, 0.6) is 0 Å². The lowest BCUT2D eigenvalue weighted by molar-refractivity contribution is -0.151. The van der Waals surface area contributed by atoms with E-state index in [2.05, 4.69) is 16.7 Å². The van der Waals surface area contributed by atoms with Crippen molar-refractivity contribution < 1.29 is 14.3 Å². The van der Waals surface area contributed by atoms with E-state index in [1.165, 1.54) is 7.11 Å². The molecule has 0 spiro atoms. The average molecular weight is 227 g/mol. The number of carbonyl (C=O) groups is 2. The van der Waals surface area contributed by atoms with Crippen LogP contribution in [0.25, 0.3) is 0 Å². The molecule has 4 nitrogen and oxygen atoms in total. The van der Waals surface area contributed by atoms with E-state index in [9.17, 15) is 9.59 Å². The monoisotopic (exact) mass is 227 g/mol. The number of hydrogen-bond acceptors (Lipinski definition) is 4. The highest BCUT2D eigenvalue weighted by molar-refractivity contribution is 6.00. The molecule has 1 heterocycles. The van der Waals surface area contributed by atoms with Crippen LogP contribution < -0.4 is 0 Å². The van der Waals surface area contributed by atoms with Gasteiger partial charge < -0.3 is 9.64 Å². The maximum absolute atomic E-state index is 12.1. The highest BCUT2D eigenvalue weighted by Crippen LogP contribution is 2.22. The number of nitrogens with zero attached hydrogens (tertiary/aromatic N) is 1. The van der Waals surface area contributed by atoms with Gasteiger partial charge in [0.1, 0.15) is 11.7 Å². The lowest BCUT2D eigenvalue weighted by Gasteiger charge is -2.29. The molecule has 1 unspecified atom stereocenters. The first-order valence-corrected chi connectivity index (χ1v) is 5.90. The van der Waals surface area contributed by atoms with Crippen molar-refractivity contribution in [2.75, 3.05) is 27.2 Å². The van der Waals surface area contributed by atoms with Crippen LogP contribution in [0.15, 0.2) is 0 Å². The van der Waals surface area contributed by atoms with Gasteiger partial charge in [0.05, 0.1) is 7.11 Å². The summed E-state index contributed by atoms with van der Waals surface area (Å²) in [5.41, 5.74) is 0. The average Bonchev–Trinajstić information content (AvgIpc) is 2.30. The first kappa shape index (κ1) is 13.2. The first-order valence-electron chi connectivity index (χ1n) is 5.90. The van der Waals surface area contributed by atoms with Gasteiger partial charge in [0.2, 0.25) is 0 Å². The first-order chi connectivity index (χ1) is 7.60. The van der Waals surface area contributed by atoms with E-state index in [0.717, 1.165) is 25.9 Å².